The molecule has 0 bridgehead atoms. The molecule has 1 amide bonds. The van der Waals surface area contributed by atoms with Crippen LogP contribution in [0.25, 0.3) is 0 Å². The summed E-state index contributed by atoms with van der Waals surface area (Å²) in [5, 5.41) is 0.628. The Morgan fingerprint density at radius 2 is 1.75 bits per heavy atom. The van der Waals surface area contributed by atoms with E-state index in [0.29, 0.717) is 23.6 Å². The number of rotatable bonds is 4. The van der Waals surface area contributed by atoms with E-state index in [0.717, 1.165) is 5.56 Å². The fourth-order valence-corrected chi connectivity index (χ4v) is 4.78. The van der Waals surface area contributed by atoms with Crippen LogP contribution in [0.15, 0.2) is 54.6 Å². The summed E-state index contributed by atoms with van der Waals surface area (Å²) >= 11 is 5.91. The third kappa shape index (κ3) is 3.97. The second-order valence-corrected chi connectivity index (χ2v) is 8.65. The van der Waals surface area contributed by atoms with Crippen molar-refractivity contribution in [2.75, 3.05) is 11.5 Å². The number of hydrogen-bond donors (Lipinski definition) is 0. The number of hydrogen-bond acceptors (Lipinski definition) is 3. The van der Waals surface area contributed by atoms with E-state index < -0.39 is 9.84 Å². The second-order valence-electron chi connectivity index (χ2n) is 5.98. The molecule has 0 unspecified atom stereocenters. The number of benzene rings is 2. The SMILES string of the molecule is O=C(c1ccccc1)N(Cc1ccc(Cl)cc1)[C@H]1CCS(=O)(=O)C1. The number of halogens is 1. The first-order chi connectivity index (χ1) is 11.4. The Labute approximate surface area is 147 Å². The van der Waals surface area contributed by atoms with Gasteiger partial charge in [-0.15, -0.1) is 0 Å². The van der Waals surface area contributed by atoms with Gasteiger partial charge in [-0.05, 0) is 36.2 Å². The molecule has 126 valence electrons. The van der Waals surface area contributed by atoms with Crippen molar-refractivity contribution in [2.24, 2.45) is 0 Å². The minimum absolute atomic E-state index is 0.0269. The molecule has 0 aliphatic carbocycles. The number of nitrogens with zero attached hydrogens (tertiary/aromatic N) is 1. The minimum atomic E-state index is -3.07. The Hall–Kier alpha value is -1.85. The summed E-state index contributed by atoms with van der Waals surface area (Å²) in [7, 11) is -3.07. The first kappa shape index (κ1) is 17.0. The lowest BCUT2D eigenvalue weighted by atomic mass is 10.1. The number of sulfone groups is 1. The Balaban J connectivity index is 1.88. The summed E-state index contributed by atoms with van der Waals surface area (Å²) in [5.41, 5.74) is 1.49. The van der Waals surface area contributed by atoms with Crippen molar-refractivity contribution in [1.82, 2.24) is 4.90 Å². The van der Waals surface area contributed by atoms with Crippen molar-refractivity contribution in [1.29, 1.82) is 0 Å². The van der Waals surface area contributed by atoms with Crippen LogP contribution in [0, 0.1) is 0 Å². The van der Waals surface area contributed by atoms with Crippen LogP contribution in [-0.2, 0) is 16.4 Å². The maximum Gasteiger partial charge on any atom is 0.254 e. The summed E-state index contributed by atoms with van der Waals surface area (Å²) < 4.78 is 23.7. The molecule has 1 heterocycles. The minimum Gasteiger partial charge on any atom is -0.330 e. The molecule has 2 aromatic rings. The zero-order chi connectivity index (χ0) is 17.2. The lowest BCUT2D eigenvalue weighted by molar-refractivity contribution is 0.0681. The van der Waals surface area contributed by atoms with Crippen molar-refractivity contribution >= 4 is 27.3 Å². The summed E-state index contributed by atoms with van der Waals surface area (Å²) in [6.45, 7) is 0.366. The zero-order valence-electron chi connectivity index (χ0n) is 13.1. The summed E-state index contributed by atoms with van der Waals surface area (Å²) in [5.74, 6) is 0.0170. The van der Waals surface area contributed by atoms with E-state index in [1.165, 1.54) is 0 Å². The molecule has 0 N–H and O–H groups in total. The van der Waals surface area contributed by atoms with Crippen LogP contribution in [0.2, 0.25) is 5.02 Å². The predicted molar refractivity (Wildman–Crippen MR) is 94.8 cm³/mol. The van der Waals surface area contributed by atoms with Crippen LogP contribution >= 0.6 is 11.6 Å². The molecule has 0 radical (unpaired) electrons. The molecule has 6 heteroatoms. The highest BCUT2D eigenvalue weighted by atomic mass is 35.5. The normalized spacial score (nSPS) is 19.1. The van der Waals surface area contributed by atoms with Crippen LogP contribution in [-0.4, -0.2) is 36.8 Å². The topological polar surface area (TPSA) is 54.5 Å². The molecular formula is C18H18ClNO3S. The predicted octanol–water partition coefficient (Wildman–Crippen LogP) is 3.17. The standard InChI is InChI=1S/C18H18ClNO3S/c19-16-8-6-14(7-9-16)12-20(17-10-11-24(22,23)13-17)18(21)15-4-2-1-3-5-15/h1-9,17H,10-13H2/t17-/m0/s1. The van der Waals surface area contributed by atoms with E-state index in [1.807, 2.05) is 18.2 Å². The average Bonchev–Trinajstić information content (AvgIpc) is 2.94. The lowest BCUT2D eigenvalue weighted by Gasteiger charge is -2.28. The monoisotopic (exact) mass is 363 g/mol. The van der Waals surface area contributed by atoms with Gasteiger partial charge < -0.3 is 4.90 Å². The molecule has 24 heavy (non-hydrogen) atoms. The maximum absolute atomic E-state index is 12.9. The molecule has 0 aromatic heterocycles. The van der Waals surface area contributed by atoms with Gasteiger partial charge in [-0.3, -0.25) is 4.79 Å². The molecule has 1 aliphatic rings. The van der Waals surface area contributed by atoms with Gasteiger partial charge in [0.2, 0.25) is 0 Å². The van der Waals surface area contributed by atoms with Crippen molar-refractivity contribution in [3.8, 4) is 0 Å². The fraction of sp³-hybridized carbons (Fsp3) is 0.278. The quantitative estimate of drug-likeness (QED) is 0.838. The van der Waals surface area contributed by atoms with Gasteiger partial charge in [-0.1, -0.05) is 41.9 Å². The van der Waals surface area contributed by atoms with E-state index in [9.17, 15) is 13.2 Å². The third-order valence-corrected chi connectivity index (χ3v) is 6.20. The van der Waals surface area contributed by atoms with Gasteiger partial charge in [0.15, 0.2) is 9.84 Å². The van der Waals surface area contributed by atoms with Gasteiger partial charge in [0, 0.05) is 23.2 Å². The van der Waals surface area contributed by atoms with Crippen LogP contribution < -0.4 is 0 Å². The summed E-state index contributed by atoms with van der Waals surface area (Å²) in [4.78, 5) is 14.6. The zero-order valence-corrected chi connectivity index (χ0v) is 14.6. The van der Waals surface area contributed by atoms with Gasteiger partial charge >= 0.3 is 0 Å². The van der Waals surface area contributed by atoms with Gasteiger partial charge in [0.05, 0.1) is 11.5 Å². The van der Waals surface area contributed by atoms with Gasteiger partial charge in [-0.25, -0.2) is 8.42 Å². The molecule has 1 fully saturated rings. The molecule has 0 spiro atoms. The summed E-state index contributed by atoms with van der Waals surface area (Å²) in [6, 6.07) is 15.9. The Bertz CT molecular complexity index is 819. The number of carbonyl (C=O) groups excluding carboxylic acids is 1. The smallest absolute Gasteiger partial charge is 0.254 e. The van der Waals surface area contributed by atoms with E-state index in [1.54, 1.807) is 41.3 Å². The molecule has 1 saturated heterocycles. The van der Waals surface area contributed by atoms with Crippen molar-refractivity contribution in [2.45, 2.75) is 19.0 Å². The van der Waals surface area contributed by atoms with Gasteiger partial charge in [0.25, 0.3) is 5.91 Å². The average molecular weight is 364 g/mol. The van der Waals surface area contributed by atoms with E-state index >= 15 is 0 Å². The van der Waals surface area contributed by atoms with Crippen LogP contribution in [0.3, 0.4) is 0 Å². The highest BCUT2D eigenvalue weighted by Crippen LogP contribution is 2.23. The molecule has 4 nitrogen and oxygen atoms in total. The second kappa shape index (κ2) is 6.95. The first-order valence-electron chi connectivity index (χ1n) is 7.75. The van der Waals surface area contributed by atoms with Gasteiger partial charge in [-0.2, -0.15) is 0 Å². The van der Waals surface area contributed by atoms with Crippen molar-refractivity contribution < 1.29 is 13.2 Å². The molecule has 1 aliphatic heterocycles. The lowest BCUT2D eigenvalue weighted by Crippen LogP contribution is -2.40. The maximum atomic E-state index is 12.9. The Morgan fingerprint density at radius 1 is 1.08 bits per heavy atom. The molecule has 0 saturated carbocycles. The highest BCUT2D eigenvalue weighted by molar-refractivity contribution is 7.91. The number of carbonyl (C=O) groups is 1. The van der Waals surface area contributed by atoms with Crippen molar-refractivity contribution in [3.63, 3.8) is 0 Å². The number of amides is 1. The Morgan fingerprint density at radius 3 is 2.33 bits per heavy atom. The fourth-order valence-electron chi connectivity index (χ4n) is 2.92. The van der Waals surface area contributed by atoms with Crippen LogP contribution in [0.4, 0.5) is 0 Å². The van der Waals surface area contributed by atoms with E-state index in [-0.39, 0.29) is 23.5 Å². The van der Waals surface area contributed by atoms with E-state index in [2.05, 4.69) is 0 Å². The van der Waals surface area contributed by atoms with Gasteiger partial charge in [0.1, 0.15) is 0 Å². The highest BCUT2D eigenvalue weighted by Gasteiger charge is 2.35. The summed E-state index contributed by atoms with van der Waals surface area (Å²) in [6.07, 6.45) is 0.481. The largest absolute Gasteiger partial charge is 0.330 e. The van der Waals surface area contributed by atoms with Crippen LogP contribution in [0.5, 0.6) is 0 Å². The molecule has 1 atom stereocenters. The first-order valence-corrected chi connectivity index (χ1v) is 9.95. The Kier molecular flexibility index (Phi) is 4.92. The van der Waals surface area contributed by atoms with Crippen molar-refractivity contribution in [3.05, 3.63) is 70.7 Å². The van der Waals surface area contributed by atoms with Crippen LogP contribution in [0.1, 0.15) is 22.3 Å². The van der Waals surface area contributed by atoms with E-state index in [4.69, 9.17) is 11.6 Å². The molecular weight excluding hydrogens is 346 g/mol. The third-order valence-electron chi connectivity index (χ3n) is 4.20. The molecule has 2 aromatic carbocycles. The molecule has 3 rings (SSSR count).